The Bertz CT molecular complexity index is 931. The third-order valence-electron chi connectivity index (χ3n) is 5.57. The summed E-state index contributed by atoms with van der Waals surface area (Å²) in [6.45, 7) is 0.752. The first kappa shape index (κ1) is 30.6. The molecule has 1 fully saturated rings. The van der Waals surface area contributed by atoms with Gasteiger partial charge >= 0.3 is 5.97 Å². The van der Waals surface area contributed by atoms with Gasteiger partial charge in [0.25, 0.3) is 0 Å². The van der Waals surface area contributed by atoms with Crippen LogP contribution in [0.3, 0.4) is 0 Å². The molecule has 4 N–H and O–H groups in total. The van der Waals surface area contributed by atoms with Gasteiger partial charge in [-0.2, -0.15) is 0 Å². The van der Waals surface area contributed by atoms with Crippen molar-refractivity contribution in [1.29, 1.82) is 0 Å². The summed E-state index contributed by atoms with van der Waals surface area (Å²) < 4.78 is 15.3. The molecule has 1 aromatic heterocycles. The van der Waals surface area contributed by atoms with Gasteiger partial charge in [0.2, 0.25) is 23.6 Å². The molecule has 1 aromatic rings. The fourth-order valence-corrected chi connectivity index (χ4v) is 3.75. The molecule has 0 saturated carbocycles. The van der Waals surface area contributed by atoms with Gasteiger partial charge in [-0.3, -0.25) is 24.2 Å². The number of hydrogen-bond acceptors (Lipinski definition) is 9. The van der Waals surface area contributed by atoms with E-state index < -0.39 is 24.5 Å². The first-order valence-corrected chi connectivity index (χ1v) is 12.2. The third kappa shape index (κ3) is 11.2. The van der Waals surface area contributed by atoms with E-state index in [-0.39, 0.29) is 89.1 Å². The summed E-state index contributed by atoms with van der Waals surface area (Å²) >= 11 is 0. The van der Waals surface area contributed by atoms with Gasteiger partial charge in [0, 0.05) is 51.9 Å². The number of aliphatic carboxylic acids is 1. The number of ether oxygens (including phenoxy) is 3. The number of rotatable bonds is 18. The SMILES string of the molecule is CN1C(=O)C[C@H](C(=O)NCCC(=O)NCCOCCOCC(=O)NCCOCC(=O)O)[C@H]1c1cccnc1. The Morgan fingerprint density at radius 3 is 2.37 bits per heavy atom. The molecule has 210 valence electrons. The van der Waals surface area contributed by atoms with Crippen LogP contribution >= 0.6 is 0 Å². The highest BCUT2D eigenvalue weighted by atomic mass is 16.5. The van der Waals surface area contributed by atoms with E-state index in [1.807, 2.05) is 6.07 Å². The van der Waals surface area contributed by atoms with Crippen LogP contribution in [0.5, 0.6) is 0 Å². The van der Waals surface area contributed by atoms with Crippen LogP contribution in [0.1, 0.15) is 24.4 Å². The minimum atomic E-state index is -1.08. The Labute approximate surface area is 220 Å². The number of nitrogens with one attached hydrogen (secondary N) is 3. The van der Waals surface area contributed by atoms with E-state index in [1.54, 1.807) is 30.4 Å². The maximum Gasteiger partial charge on any atom is 0.329 e. The molecule has 1 aliphatic heterocycles. The fraction of sp³-hybridized carbons (Fsp3) is 0.583. The minimum Gasteiger partial charge on any atom is -0.480 e. The summed E-state index contributed by atoms with van der Waals surface area (Å²) in [6, 6.07) is 3.19. The summed E-state index contributed by atoms with van der Waals surface area (Å²) in [7, 11) is 1.66. The van der Waals surface area contributed by atoms with Gasteiger partial charge in [-0.25, -0.2) is 4.79 Å². The van der Waals surface area contributed by atoms with Crippen LogP contribution in [0.25, 0.3) is 0 Å². The summed E-state index contributed by atoms with van der Waals surface area (Å²) in [5, 5.41) is 16.4. The zero-order valence-electron chi connectivity index (χ0n) is 21.3. The van der Waals surface area contributed by atoms with E-state index in [9.17, 15) is 24.0 Å². The summed E-state index contributed by atoms with van der Waals surface area (Å²) in [5.74, 6) is -2.65. The van der Waals surface area contributed by atoms with Crippen molar-refractivity contribution < 1.29 is 43.3 Å². The number of hydrogen-bond donors (Lipinski definition) is 4. The fourth-order valence-electron chi connectivity index (χ4n) is 3.75. The standard InChI is InChI=1S/C24H35N5O9/c1-29-21(32)13-18(23(29)17-3-2-5-25-14-17)24(35)28-6-4-19(30)26-7-9-36-11-12-38-15-20(31)27-8-10-37-16-22(33)34/h2-3,5,14,18,23H,4,6-13,15-16H2,1H3,(H,26,30)(H,27,31)(H,28,35)(H,33,34)/t18-,23+/m0/s1. The molecule has 0 aromatic carbocycles. The second kappa shape index (κ2) is 17.0. The molecule has 1 aliphatic rings. The number of aromatic nitrogens is 1. The van der Waals surface area contributed by atoms with Gasteiger partial charge in [-0.05, 0) is 11.6 Å². The number of carboxylic acids is 1. The van der Waals surface area contributed by atoms with Crippen LogP contribution in [0.2, 0.25) is 0 Å². The van der Waals surface area contributed by atoms with Crippen molar-refractivity contribution in [1.82, 2.24) is 25.8 Å². The predicted molar refractivity (Wildman–Crippen MR) is 132 cm³/mol. The lowest BCUT2D eigenvalue weighted by molar-refractivity contribution is -0.142. The lowest BCUT2D eigenvalue weighted by Gasteiger charge is -2.24. The zero-order chi connectivity index (χ0) is 27.8. The van der Waals surface area contributed by atoms with Crippen molar-refractivity contribution in [2.75, 3.05) is 66.3 Å². The Kier molecular flexibility index (Phi) is 13.7. The van der Waals surface area contributed by atoms with Crippen LogP contribution in [0, 0.1) is 5.92 Å². The monoisotopic (exact) mass is 537 g/mol. The van der Waals surface area contributed by atoms with E-state index in [0.717, 1.165) is 5.56 Å². The van der Waals surface area contributed by atoms with Crippen LogP contribution < -0.4 is 16.0 Å². The van der Waals surface area contributed by atoms with Gasteiger partial charge in [-0.1, -0.05) is 6.07 Å². The second-order valence-corrected chi connectivity index (χ2v) is 8.40. The highest BCUT2D eigenvalue weighted by Gasteiger charge is 2.42. The number of carbonyl (C=O) groups is 5. The number of carboxylic acid groups (broad SMARTS) is 1. The molecular formula is C24H35N5O9. The van der Waals surface area contributed by atoms with E-state index in [2.05, 4.69) is 20.9 Å². The van der Waals surface area contributed by atoms with Crippen LogP contribution in [-0.4, -0.2) is 111 Å². The van der Waals surface area contributed by atoms with Gasteiger partial charge in [-0.15, -0.1) is 0 Å². The van der Waals surface area contributed by atoms with Crippen LogP contribution in [0.4, 0.5) is 0 Å². The number of carbonyl (C=O) groups excluding carboxylic acids is 4. The van der Waals surface area contributed by atoms with E-state index in [0.29, 0.717) is 0 Å². The molecule has 14 heteroatoms. The predicted octanol–water partition coefficient (Wildman–Crippen LogP) is -1.53. The maximum atomic E-state index is 12.7. The van der Waals surface area contributed by atoms with Gasteiger partial charge in [0.15, 0.2) is 0 Å². The summed E-state index contributed by atoms with van der Waals surface area (Å²) in [4.78, 5) is 64.3. The molecule has 1 saturated heterocycles. The molecule has 0 aliphatic carbocycles. The van der Waals surface area contributed by atoms with Crippen molar-refractivity contribution in [2.45, 2.75) is 18.9 Å². The highest BCUT2D eigenvalue weighted by Crippen LogP contribution is 2.36. The largest absolute Gasteiger partial charge is 0.480 e. The molecule has 38 heavy (non-hydrogen) atoms. The summed E-state index contributed by atoms with van der Waals surface area (Å²) in [5.41, 5.74) is 0.785. The molecule has 0 unspecified atom stereocenters. The van der Waals surface area contributed by atoms with Gasteiger partial charge in [0.05, 0.1) is 38.4 Å². The molecular weight excluding hydrogens is 502 g/mol. The maximum absolute atomic E-state index is 12.7. The van der Waals surface area contributed by atoms with Crippen LogP contribution in [-0.2, 0) is 38.2 Å². The van der Waals surface area contributed by atoms with E-state index in [1.165, 1.54) is 0 Å². The first-order valence-electron chi connectivity index (χ1n) is 12.2. The van der Waals surface area contributed by atoms with Gasteiger partial charge < -0.3 is 40.2 Å². The number of amides is 4. The van der Waals surface area contributed by atoms with Crippen molar-refractivity contribution in [3.63, 3.8) is 0 Å². The Hall–Kier alpha value is -3.62. The zero-order valence-corrected chi connectivity index (χ0v) is 21.3. The normalized spacial score (nSPS) is 16.8. The lowest BCUT2D eigenvalue weighted by Crippen LogP contribution is -2.37. The van der Waals surface area contributed by atoms with Crippen molar-refractivity contribution in [3.8, 4) is 0 Å². The second-order valence-electron chi connectivity index (χ2n) is 8.40. The number of nitrogens with zero attached hydrogens (tertiary/aromatic N) is 2. The van der Waals surface area contributed by atoms with Crippen molar-refractivity contribution in [2.24, 2.45) is 5.92 Å². The molecule has 2 atom stereocenters. The van der Waals surface area contributed by atoms with Crippen molar-refractivity contribution >= 4 is 29.6 Å². The quantitative estimate of drug-likeness (QED) is 0.160. The van der Waals surface area contributed by atoms with Gasteiger partial charge in [0.1, 0.15) is 13.2 Å². The lowest BCUT2D eigenvalue weighted by atomic mass is 9.94. The molecule has 2 heterocycles. The molecule has 2 rings (SSSR count). The third-order valence-corrected chi connectivity index (χ3v) is 5.57. The molecule has 4 amide bonds. The Balaban J connectivity index is 1.49. The molecule has 0 radical (unpaired) electrons. The smallest absolute Gasteiger partial charge is 0.329 e. The first-order chi connectivity index (χ1) is 18.3. The average molecular weight is 538 g/mol. The Morgan fingerprint density at radius 1 is 0.974 bits per heavy atom. The molecule has 0 bridgehead atoms. The minimum absolute atomic E-state index is 0.0827. The average Bonchev–Trinajstić information content (AvgIpc) is 3.19. The van der Waals surface area contributed by atoms with Crippen LogP contribution in [0.15, 0.2) is 24.5 Å². The molecule has 14 nitrogen and oxygen atoms in total. The highest BCUT2D eigenvalue weighted by molar-refractivity contribution is 5.90. The topological polar surface area (TPSA) is 185 Å². The molecule has 0 spiro atoms. The number of likely N-dealkylation sites (tertiary alicyclic amines) is 1. The van der Waals surface area contributed by atoms with E-state index >= 15 is 0 Å². The van der Waals surface area contributed by atoms with Crippen molar-refractivity contribution in [3.05, 3.63) is 30.1 Å². The number of pyridine rings is 1. The Morgan fingerprint density at radius 2 is 1.66 bits per heavy atom. The summed E-state index contributed by atoms with van der Waals surface area (Å²) in [6.07, 6.45) is 3.45. The van der Waals surface area contributed by atoms with E-state index in [4.69, 9.17) is 19.3 Å².